The number of carbonyl (C=O) groups is 1. The monoisotopic (exact) mass is 283 g/mol. The molecule has 0 aliphatic heterocycles. The Morgan fingerprint density at radius 1 is 1.38 bits per heavy atom. The van der Waals surface area contributed by atoms with Gasteiger partial charge in [0.15, 0.2) is 0 Å². The first kappa shape index (κ1) is 13.2. The summed E-state index contributed by atoms with van der Waals surface area (Å²) < 4.78 is 0. The predicted octanol–water partition coefficient (Wildman–Crippen LogP) is 3.61. The Morgan fingerprint density at radius 2 is 2.00 bits per heavy atom. The molecule has 0 bridgehead atoms. The molecule has 1 rings (SSSR count). The zero-order valence-corrected chi connectivity index (χ0v) is 11.5. The lowest BCUT2D eigenvalue weighted by atomic mass is 10.1. The van der Waals surface area contributed by atoms with Gasteiger partial charge in [0.2, 0.25) is 5.91 Å². The topological polar surface area (TPSA) is 29.1 Å². The number of rotatable bonds is 4. The SMILES string of the molecule is CCc1ccccc1NC(=O)C(Br)C(C)C. The molecule has 0 spiro atoms. The van der Waals surface area contributed by atoms with Gasteiger partial charge in [0.1, 0.15) is 0 Å². The molecule has 0 aliphatic carbocycles. The molecule has 0 aromatic heterocycles. The molecule has 0 aliphatic rings. The Balaban J connectivity index is 2.76. The van der Waals surface area contributed by atoms with Gasteiger partial charge in [-0.25, -0.2) is 0 Å². The molecule has 88 valence electrons. The van der Waals surface area contributed by atoms with Gasteiger partial charge in [-0.05, 0) is 24.0 Å². The van der Waals surface area contributed by atoms with Crippen LogP contribution in [-0.4, -0.2) is 10.7 Å². The van der Waals surface area contributed by atoms with Crippen LogP contribution in [0.5, 0.6) is 0 Å². The average Bonchev–Trinajstić information content (AvgIpc) is 2.28. The van der Waals surface area contributed by atoms with E-state index >= 15 is 0 Å². The first-order valence-corrected chi connectivity index (χ1v) is 6.50. The minimum absolute atomic E-state index is 0.0240. The second kappa shape index (κ2) is 6.04. The summed E-state index contributed by atoms with van der Waals surface area (Å²) in [5, 5.41) is 2.96. The number of hydrogen-bond donors (Lipinski definition) is 1. The summed E-state index contributed by atoms with van der Waals surface area (Å²) in [5.74, 6) is 0.310. The third kappa shape index (κ3) is 3.34. The highest BCUT2D eigenvalue weighted by Crippen LogP contribution is 2.19. The van der Waals surface area contributed by atoms with E-state index in [9.17, 15) is 4.79 Å². The minimum atomic E-state index is -0.141. The third-order valence-corrected chi connectivity index (χ3v) is 3.97. The molecule has 0 radical (unpaired) electrons. The summed E-state index contributed by atoms with van der Waals surface area (Å²) in [4.78, 5) is 11.7. The minimum Gasteiger partial charge on any atom is -0.325 e. The molecular formula is C13H18BrNO. The van der Waals surface area contributed by atoms with Gasteiger partial charge in [-0.3, -0.25) is 4.79 Å². The molecule has 0 saturated heterocycles. The van der Waals surface area contributed by atoms with Crippen molar-refractivity contribution in [2.75, 3.05) is 5.32 Å². The van der Waals surface area contributed by atoms with Crippen molar-refractivity contribution in [1.29, 1.82) is 0 Å². The van der Waals surface area contributed by atoms with Crippen molar-refractivity contribution < 1.29 is 4.79 Å². The van der Waals surface area contributed by atoms with Gasteiger partial charge < -0.3 is 5.32 Å². The van der Waals surface area contributed by atoms with Crippen molar-refractivity contribution in [3.63, 3.8) is 0 Å². The van der Waals surface area contributed by atoms with Crippen molar-refractivity contribution >= 4 is 27.5 Å². The molecule has 1 aromatic rings. The molecule has 1 aromatic carbocycles. The van der Waals surface area contributed by atoms with Crippen LogP contribution >= 0.6 is 15.9 Å². The highest BCUT2D eigenvalue weighted by atomic mass is 79.9. The Kier molecular flexibility index (Phi) is 5.00. The Labute approximate surface area is 106 Å². The van der Waals surface area contributed by atoms with Crippen LogP contribution in [0, 0.1) is 5.92 Å². The van der Waals surface area contributed by atoms with E-state index in [1.54, 1.807) is 0 Å². The molecule has 0 fully saturated rings. The number of amides is 1. The lowest BCUT2D eigenvalue weighted by molar-refractivity contribution is -0.116. The lowest BCUT2D eigenvalue weighted by Gasteiger charge is -2.15. The maximum Gasteiger partial charge on any atom is 0.238 e. The molecule has 2 nitrogen and oxygen atoms in total. The Morgan fingerprint density at radius 3 is 2.56 bits per heavy atom. The van der Waals surface area contributed by atoms with E-state index in [-0.39, 0.29) is 16.7 Å². The molecule has 16 heavy (non-hydrogen) atoms. The lowest BCUT2D eigenvalue weighted by Crippen LogP contribution is -2.27. The standard InChI is InChI=1S/C13H18BrNO/c1-4-10-7-5-6-8-11(10)15-13(16)12(14)9(2)3/h5-9,12H,4H2,1-3H3,(H,15,16). The molecule has 1 amide bonds. The second-order valence-corrected chi connectivity index (χ2v) is 5.13. The maximum absolute atomic E-state index is 11.9. The van der Waals surface area contributed by atoms with Gasteiger partial charge in [0.05, 0.1) is 4.83 Å². The largest absolute Gasteiger partial charge is 0.325 e. The van der Waals surface area contributed by atoms with Crippen LogP contribution in [0.4, 0.5) is 5.69 Å². The predicted molar refractivity (Wildman–Crippen MR) is 72.0 cm³/mol. The van der Waals surface area contributed by atoms with Crippen LogP contribution in [0.2, 0.25) is 0 Å². The summed E-state index contributed by atoms with van der Waals surface area (Å²) in [7, 11) is 0. The van der Waals surface area contributed by atoms with E-state index in [4.69, 9.17) is 0 Å². The highest BCUT2D eigenvalue weighted by molar-refractivity contribution is 9.10. The number of halogens is 1. The van der Waals surface area contributed by atoms with E-state index in [0.717, 1.165) is 12.1 Å². The van der Waals surface area contributed by atoms with Crippen LogP contribution in [0.3, 0.4) is 0 Å². The van der Waals surface area contributed by atoms with Crippen molar-refractivity contribution in [2.45, 2.75) is 32.0 Å². The summed E-state index contributed by atoms with van der Waals surface area (Å²) >= 11 is 3.40. The van der Waals surface area contributed by atoms with Gasteiger partial charge in [0.25, 0.3) is 0 Å². The van der Waals surface area contributed by atoms with Crippen molar-refractivity contribution in [1.82, 2.24) is 0 Å². The van der Waals surface area contributed by atoms with Crippen molar-refractivity contribution in [2.24, 2.45) is 5.92 Å². The van der Waals surface area contributed by atoms with Gasteiger partial charge in [-0.1, -0.05) is 54.9 Å². The Bertz CT molecular complexity index is 363. The first-order valence-electron chi connectivity index (χ1n) is 5.59. The van der Waals surface area contributed by atoms with Gasteiger partial charge in [-0.15, -0.1) is 0 Å². The number of alkyl halides is 1. The van der Waals surface area contributed by atoms with Crippen LogP contribution in [0.15, 0.2) is 24.3 Å². The van der Waals surface area contributed by atoms with Crippen molar-refractivity contribution in [3.05, 3.63) is 29.8 Å². The van der Waals surface area contributed by atoms with Crippen molar-refractivity contribution in [3.8, 4) is 0 Å². The highest BCUT2D eigenvalue weighted by Gasteiger charge is 2.18. The molecule has 1 unspecified atom stereocenters. The smallest absolute Gasteiger partial charge is 0.238 e. The number of aryl methyl sites for hydroxylation is 1. The zero-order chi connectivity index (χ0) is 12.1. The molecule has 0 saturated carbocycles. The van der Waals surface area contributed by atoms with Crippen LogP contribution in [0.1, 0.15) is 26.3 Å². The van der Waals surface area contributed by atoms with E-state index in [2.05, 4.69) is 28.2 Å². The van der Waals surface area contributed by atoms with E-state index in [1.807, 2.05) is 38.1 Å². The maximum atomic E-state index is 11.9. The Hall–Kier alpha value is -0.830. The fourth-order valence-electron chi connectivity index (χ4n) is 1.45. The second-order valence-electron chi connectivity index (χ2n) is 4.15. The van der Waals surface area contributed by atoms with E-state index in [1.165, 1.54) is 5.56 Å². The zero-order valence-electron chi connectivity index (χ0n) is 9.96. The number of para-hydroxylation sites is 1. The quantitative estimate of drug-likeness (QED) is 0.841. The number of nitrogens with one attached hydrogen (secondary N) is 1. The molecule has 3 heteroatoms. The number of benzene rings is 1. The van der Waals surface area contributed by atoms with Crippen LogP contribution in [-0.2, 0) is 11.2 Å². The molecule has 1 atom stereocenters. The van der Waals surface area contributed by atoms with E-state index in [0.29, 0.717) is 0 Å². The molecular weight excluding hydrogens is 266 g/mol. The van der Waals surface area contributed by atoms with Crippen LogP contribution in [0.25, 0.3) is 0 Å². The fourth-order valence-corrected chi connectivity index (χ4v) is 1.57. The average molecular weight is 284 g/mol. The fraction of sp³-hybridized carbons (Fsp3) is 0.462. The molecule has 0 heterocycles. The third-order valence-electron chi connectivity index (χ3n) is 2.49. The van der Waals surface area contributed by atoms with Gasteiger partial charge in [0, 0.05) is 5.69 Å². The first-order chi connectivity index (χ1) is 7.56. The van der Waals surface area contributed by atoms with Gasteiger partial charge in [-0.2, -0.15) is 0 Å². The summed E-state index contributed by atoms with van der Waals surface area (Å²) in [6.07, 6.45) is 0.922. The number of anilines is 1. The number of carbonyl (C=O) groups excluding carboxylic acids is 1. The van der Waals surface area contributed by atoms with Gasteiger partial charge >= 0.3 is 0 Å². The van der Waals surface area contributed by atoms with E-state index < -0.39 is 0 Å². The van der Waals surface area contributed by atoms with Crippen LogP contribution < -0.4 is 5.32 Å². The summed E-state index contributed by atoms with van der Waals surface area (Å²) in [6.45, 7) is 6.12. The summed E-state index contributed by atoms with van der Waals surface area (Å²) in [6, 6.07) is 7.90. The number of hydrogen-bond acceptors (Lipinski definition) is 1. The summed E-state index contributed by atoms with van der Waals surface area (Å²) in [5.41, 5.74) is 2.08. The molecule has 1 N–H and O–H groups in total. The normalized spacial score (nSPS) is 12.6.